The molecule has 1 aliphatic heterocycles. The molecule has 0 unspecified atom stereocenters. The van der Waals surface area contributed by atoms with E-state index in [9.17, 15) is 14.0 Å². The monoisotopic (exact) mass is 490 g/mol. The Balaban J connectivity index is 1.57. The Bertz CT molecular complexity index is 1300. The smallest absolute Gasteiger partial charge is 0.270 e. The maximum absolute atomic E-state index is 13.2. The second kappa shape index (κ2) is 10.5. The first-order valence-corrected chi connectivity index (χ1v) is 11.4. The molecule has 0 bridgehead atoms. The van der Waals surface area contributed by atoms with Gasteiger partial charge in [-0.05, 0) is 77.8 Å². The largest absolute Gasteiger partial charge is 0.493 e. The van der Waals surface area contributed by atoms with Gasteiger partial charge in [-0.2, -0.15) is 0 Å². The van der Waals surface area contributed by atoms with Gasteiger partial charge in [0, 0.05) is 0 Å². The van der Waals surface area contributed by atoms with Crippen LogP contribution in [0.1, 0.15) is 23.6 Å². The molecule has 0 radical (unpaired) electrons. The number of carbonyl (C=O) groups excluding carboxylic acids is 2. The van der Waals surface area contributed by atoms with Crippen LogP contribution in [0.5, 0.6) is 11.5 Å². The molecule has 0 saturated carbocycles. The highest BCUT2D eigenvalue weighted by Crippen LogP contribution is 2.30. The summed E-state index contributed by atoms with van der Waals surface area (Å²) in [5, 5.41) is 2.62. The number of anilines is 1. The predicted octanol–water partition coefficient (Wildman–Crippen LogP) is 4.81. The van der Waals surface area contributed by atoms with Gasteiger partial charge < -0.3 is 9.47 Å². The highest BCUT2D eigenvalue weighted by Gasteiger charge is 2.34. The number of thiocarbonyl (C=S) groups is 1. The lowest BCUT2D eigenvalue weighted by Crippen LogP contribution is -2.54. The SMILES string of the molecule is CCc1ccc(N2C(=O)/C(=C/c3ccc(OCc4ccc(F)cc4)c(OC)c3)C(=O)NC2=S)cc1. The number of amides is 2. The molecule has 1 saturated heterocycles. The number of carbonyl (C=O) groups is 2. The number of ether oxygens (including phenoxy) is 2. The van der Waals surface area contributed by atoms with Gasteiger partial charge in [0.15, 0.2) is 16.6 Å². The molecule has 8 heteroatoms. The van der Waals surface area contributed by atoms with Crippen LogP contribution in [0.3, 0.4) is 0 Å². The molecule has 35 heavy (non-hydrogen) atoms. The van der Waals surface area contributed by atoms with Gasteiger partial charge in [-0.1, -0.05) is 37.3 Å². The number of hydrogen-bond acceptors (Lipinski definition) is 5. The van der Waals surface area contributed by atoms with Crippen molar-refractivity contribution in [3.8, 4) is 11.5 Å². The predicted molar refractivity (Wildman–Crippen MR) is 136 cm³/mol. The fourth-order valence-corrected chi connectivity index (χ4v) is 3.86. The average Bonchev–Trinajstić information content (AvgIpc) is 2.86. The molecule has 0 spiro atoms. The van der Waals surface area contributed by atoms with Crippen LogP contribution in [0.2, 0.25) is 0 Å². The summed E-state index contributed by atoms with van der Waals surface area (Å²) in [6.07, 6.45) is 2.35. The minimum absolute atomic E-state index is 0.0310. The maximum Gasteiger partial charge on any atom is 0.270 e. The highest BCUT2D eigenvalue weighted by atomic mass is 32.1. The average molecular weight is 491 g/mol. The highest BCUT2D eigenvalue weighted by molar-refractivity contribution is 7.80. The molecule has 1 fully saturated rings. The lowest BCUT2D eigenvalue weighted by atomic mass is 10.1. The summed E-state index contributed by atoms with van der Waals surface area (Å²) < 4.78 is 24.3. The zero-order chi connectivity index (χ0) is 24.9. The summed E-state index contributed by atoms with van der Waals surface area (Å²) in [7, 11) is 1.50. The summed E-state index contributed by atoms with van der Waals surface area (Å²) in [6, 6.07) is 18.5. The summed E-state index contributed by atoms with van der Waals surface area (Å²) in [5.41, 5.74) is 3.01. The van der Waals surface area contributed by atoms with Crippen LogP contribution in [-0.2, 0) is 22.6 Å². The number of rotatable bonds is 7. The Morgan fingerprint density at radius 2 is 1.66 bits per heavy atom. The molecular formula is C27H23FN2O4S. The van der Waals surface area contributed by atoms with Gasteiger partial charge in [-0.15, -0.1) is 0 Å². The Morgan fingerprint density at radius 1 is 0.971 bits per heavy atom. The molecule has 3 aromatic rings. The van der Waals surface area contributed by atoms with E-state index in [4.69, 9.17) is 21.7 Å². The third-order valence-corrected chi connectivity index (χ3v) is 5.80. The van der Waals surface area contributed by atoms with Crippen LogP contribution >= 0.6 is 12.2 Å². The lowest BCUT2D eigenvalue weighted by molar-refractivity contribution is -0.122. The fourth-order valence-electron chi connectivity index (χ4n) is 3.57. The van der Waals surface area contributed by atoms with E-state index in [0.717, 1.165) is 17.5 Å². The third-order valence-electron chi connectivity index (χ3n) is 5.51. The van der Waals surface area contributed by atoms with E-state index < -0.39 is 11.8 Å². The Kier molecular flexibility index (Phi) is 7.22. The summed E-state index contributed by atoms with van der Waals surface area (Å²) in [6.45, 7) is 2.27. The van der Waals surface area contributed by atoms with Crippen molar-refractivity contribution in [3.63, 3.8) is 0 Å². The number of halogens is 1. The van der Waals surface area contributed by atoms with E-state index in [1.165, 1.54) is 30.2 Å². The van der Waals surface area contributed by atoms with Gasteiger partial charge in [-0.3, -0.25) is 19.8 Å². The van der Waals surface area contributed by atoms with Crippen molar-refractivity contribution < 1.29 is 23.5 Å². The van der Waals surface area contributed by atoms with Crippen molar-refractivity contribution in [3.05, 3.63) is 94.8 Å². The van der Waals surface area contributed by atoms with Gasteiger partial charge in [0.1, 0.15) is 18.0 Å². The lowest BCUT2D eigenvalue weighted by Gasteiger charge is -2.29. The Hall–Kier alpha value is -4.04. The van der Waals surface area contributed by atoms with Gasteiger partial charge >= 0.3 is 0 Å². The summed E-state index contributed by atoms with van der Waals surface area (Å²) in [5.74, 6) is -0.511. The number of nitrogens with one attached hydrogen (secondary N) is 1. The zero-order valence-electron chi connectivity index (χ0n) is 19.2. The van der Waals surface area contributed by atoms with Crippen molar-refractivity contribution in [1.82, 2.24) is 5.32 Å². The quantitative estimate of drug-likeness (QED) is 0.293. The minimum atomic E-state index is -0.572. The zero-order valence-corrected chi connectivity index (χ0v) is 20.0. The Morgan fingerprint density at radius 3 is 2.31 bits per heavy atom. The molecule has 0 atom stereocenters. The number of aryl methyl sites for hydroxylation is 1. The van der Waals surface area contributed by atoms with Crippen LogP contribution in [0.25, 0.3) is 6.08 Å². The first-order valence-electron chi connectivity index (χ1n) is 10.9. The first-order chi connectivity index (χ1) is 16.9. The maximum atomic E-state index is 13.2. The van der Waals surface area contributed by atoms with E-state index in [1.54, 1.807) is 42.5 Å². The molecule has 3 aromatic carbocycles. The van der Waals surface area contributed by atoms with Gasteiger partial charge in [0.2, 0.25) is 0 Å². The molecule has 4 rings (SSSR count). The second-order valence-electron chi connectivity index (χ2n) is 7.80. The molecule has 0 aromatic heterocycles. The molecule has 178 valence electrons. The van der Waals surface area contributed by atoms with Crippen LogP contribution in [0.15, 0.2) is 72.3 Å². The number of nitrogens with zero attached hydrogens (tertiary/aromatic N) is 1. The van der Waals surface area contributed by atoms with Crippen molar-refractivity contribution >= 4 is 40.9 Å². The minimum Gasteiger partial charge on any atom is -0.493 e. The molecule has 1 N–H and O–H groups in total. The second-order valence-corrected chi connectivity index (χ2v) is 8.19. The topological polar surface area (TPSA) is 67.9 Å². The van der Waals surface area contributed by atoms with Crippen molar-refractivity contribution in [2.45, 2.75) is 20.0 Å². The Labute approximate surface area is 208 Å². The number of methoxy groups -OCH3 is 1. The number of hydrogen-bond donors (Lipinski definition) is 1. The van der Waals surface area contributed by atoms with Crippen molar-refractivity contribution in [2.24, 2.45) is 0 Å². The molecule has 0 aliphatic carbocycles. The van der Waals surface area contributed by atoms with E-state index >= 15 is 0 Å². The van der Waals surface area contributed by atoms with Crippen LogP contribution in [-0.4, -0.2) is 24.0 Å². The molecule has 2 amide bonds. The van der Waals surface area contributed by atoms with Gasteiger partial charge in [-0.25, -0.2) is 4.39 Å². The van der Waals surface area contributed by atoms with E-state index in [1.807, 2.05) is 19.1 Å². The molecule has 1 heterocycles. The normalized spacial score (nSPS) is 14.8. The standard InChI is InChI=1S/C27H23FN2O4S/c1-3-17-6-11-21(12-7-17)30-26(32)22(25(31)29-27(30)35)14-19-8-13-23(24(15-19)33-2)34-16-18-4-9-20(28)10-5-18/h4-15H,3,16H2,1-2H3,(H,29,31,35)/b22-14+. The van der Waals surface area contributed by atoms with Crippen LogP contribution in [0, 0.1) is 5.82 Å². The summed E-state index contributed by atoms with van der Waals surface area (Å²) >= 11 is 5.26. The summed E-state index contributed by atoms with van der Waals surface area (Å²) in [4.78, 5) is 27.1. The van der Waals surface area contributed by atoms with E-state index in [2.05, 4.69) is 5.32 Å². The van der Waals surface area contributed by atoms with Crippen LogP contribution in [0.4, 0.5) is 10.1 Å². The number of benzene rings is 3. The van der Waals surface area contributed by atoms with E-state index in [0.29, 0.717) is 22.7 Å². The van der Waals surface area contributed by atoms with Gasteiger partial charge in [0.05, 0.1) is 12.8 Å². The van der Waals surface area contributed by atoms with Gasteiger partial charge in [0.25, 0.3) is 11.8 Å². The molecular weight excluding hydrogens is 467 g/mol. The fraction of sp³-hybridized carbons (Fsp3) is 0.148. The van der Waals surface area contributed by atoms with Crippen LogP contribution < -0.4 is 19.7 Å². The van der Waals surface area contributed by atoms with E-state index in [-0.39, 0.29) is 23.1 Å². The van der Waals surface area contributed by atoms with Crippen molar-refractivity contribution in [1.29, 1.82) is 0 Å². The molecule has 1 aliphatic rings. The molecule has 6 nitrogen and oxygen atoms in total. The van der Waals surface area contributed by atoms with Crippen molar-refractivity contribution in [2.75, 3.05) is 12.0 Å². The third kappa shape index (κ3) is 5.38. The first kappa shape index (κ1) is 24.1.